The van der Waals surface area contributed by atoms with Crippen molar-refractivity contribution in [1.29, 1.82) is 0 Å². The minimum atomic E-state index is -1.12. The number of carbonyl (C=O) groups is 2. The van der Waals surface area contributed by atoms with E-state index in [-0.39, 0.29) is 18.8 Å². The number of rotatable bonds is 16. The Labute approximate surface area is 246 Å². The zero-order valence-corrected chi connectivity index (χ0v) is 23.8. The van der Waals surface area contributed by atoms with E-state index < -0.39 is 18.1 Å². The molecule has 1 aliphatic heterocycles. The number of alkyl carbamates (subject to hydrolysis) is 1. The number of nitrogens with one attached hydrogen (secondary N) is 2. The lowest BCUT2D eigenvalue weighted by atomic mass is 10.1. The first-order valence-corrected chi connectivity index (χ1v) is 14.5. The number of unbranched alkanes of at least 4 members (excludes halogenated alkanes) is 1. The number of halogens is 1. The van der Waals surface area contributed by atoms with E-state index >= 15 is 0 Å². The van der Waals surface area contributed by atoms with Gasteiger partial charge >= 0.3 is 12.1 Å². The largest absolute Gasteiger partial charge is 0.492 e. The van der Waals surface area contributed by atoms with Gasteiger partial charge in [-0.1, -0.05) is 36.4 Å². The second kappa shape index (κ2) is 16.3. The predicted octanol–water partition coefficient (Wildman–Crippen LogP) is 5.05. The van der Waals surface area contributed by atoms with Crippen LogP contribution in [0.1, 0.15) is 42.5 Å². The fourth-order valence-corrected chi connectivity index (χ4v) is 4.78. The smallest absolute Gasteiger partial charge is 0.408 e. The molecule has 3 N–H and O–H groups in total. The molecule has 1 aromatic heterocycles. The molecule has 9 nitrogen and oxygen atoms in total. The zero-order valence-electron chi connectivity index (χ0n) is 23.8. The monoisotopic (exact) mass is 578 g/mol. The van der Waals surface area contributed by atoms with Crippen LogP contribution in [0, 0.1) is 5.82 Å². The quantitative estimate of drug-likeness (QED) is 0.203. The molecule has 3 aromatic rings. The molecule has 0 bridgehead atoms. The number of nitrogens with zero attached hydrogens (tertiary/aromatic N) is 2. The molecule has 0 aliphatic carbocycles. The van der Waals surface area contributed by atoms with Gasteiger partial charge in [-0.3, -0.25) is 4.90 Å². The summed E-state index contributed by atoms with van der Waals surface area (Å²) in [5, 5.41) is 15.6. The van der Waals surface area contributed by atoms with Crippen LogP contribution in [-0.4, -0.2) is 65.9 Å². The van der Waals surface area contributed by atoms with Gasteiger partial charge in [-0.2, -0.15) is 0 Å². The summed E-state index contributed by atoms with van der Waals surface area (Å²) in [5.41, 5.74) is 3.13. The average molecular weight is 579 g/mol. The number of anilines is 1. The van der Waals surface area contributed by atoms with Gasteiger partial charge in [0.2, 0.25) is 0 Å². The summed E-state index contributed by atoms with van der Waals surface area (Å²) in [5.74, 6) is 0.103. The molecule has 10 heteroatoms. The van der Waals surface area contributed by atoms with E-state index in [9.17, 15) is 19.1 Å². The molecule has 42 heavy (non-hydrogen) atoms. The highest BCUT2D eigenvalue weighted by Crippen LogP contribution is 2.20. The van der Waals surface area contributed by atoms with E-state index in [1.807, 2.05) is 30.3 Å². The van der Waals surface area contributed by atoms with E-state index in [0.29, 0.717) is 25.4 Å². The number of carboxylic acids is 1. The van der Waals surface area contributed by atoms with Gasteiger partial charge in [0.15, 0.2) is 0 Å². The Bertz CT molecular complexity index is 1280. The molecule has 2 heterocycles. The Balaban J connectivity index is 1.27. The number of carboxylic acid groups (broad SMARTS) is 1. The number of fused-ring (bicyclic) bond motifs is 1. The van der Waals surface area contributed by atoms with Crippen molar-refractivity contribution in [3.8, 4) is 5.75 Å². The second-order valence-electron chi connectivity index (χ2n) is 10.3. The molecule has 2 aromatic carbocycles. The molecule has 0 fully saturated rings. The highest BCUT2D eigenvalue weighted by atomic mass is 19.1. The van der Waals surface area contributed by atoms with Crippen LogP contribution in [0.5, 0.6) is 5.75 Å². The number of pyridine rings is 1. The SMILES string of the molecule is O=C(N[C@@H](CCN(CCCCc1ccc2c(n1)NCCC2)CCOc1ccc(F)cc1)C(=O)O)OCc1ccccc1. The van der Waals surface area contributed by atoms with Gasteiger partial charge in [0, 0.05) is 25.3 Å². The maximum Gasteiger partial charge on any atom is 0.408 e. The van der Waals surface area contributed by atoms with Crippen LogP contribution in [0.2, 0.25) is 0 Å². The van der Waals surface area contributed by atoms with E-state index in [2.05, 4.69) is 27.7 Å². The summed E-state index contributed by atoms with van der Waals surface area (Å²) in [6.45, 7) is 3.07. The lowest BCUT2D eigenvalue weighted by Crippen LogP contribution is -2.43. The third-order valence-electron chi connectivity index (χ3n) is 7.14. The first-order valence-electron chi connectivity index (χ1n) is 14.5. The number of benzene rings is 2. The molecular weight excluding hydrogens is 539 g/mol. The molecular formula is C32H39FN4O5. The molecule has 1 atom stereocenters. The van der Waals surface area contributed by atoms with Crippen molar-refractivity contribution in [3.63, 3.8) is 0 Å². The first-order chi connectivity index (χ1) is 20.5. The summed E-state index contributed by atoms with van der Waals surface area (Å²) < 4.78 is 24.2. The maximum atomic E-state index is 13.2. The minimum absolute atomic E-state index is 0.0565. The highest BCUT2D eigenvalue weighted by molar-refractivity contribution is 5.79. The molecule has 0 unspecified atom stereocenters. The topological polar surface area (TPSA) is 113 Å². The number of aliphatic carboxylic acids is 1. The third-order valence-corrected chi connectivity index (χ3v) is 7.14. The van der Waals surface area contributed by atoms with Crippen molar-refractivity contribution < 1.29 is 28.6 Å². The van der Waals surface area contributed by atoms with Gasteiger partial charge in [-0.25, -0.2) is 19.0 Å². The molecule has 1 aliphatic rings. The normalized spacial score (nSPS) is 13.1. The summed E-state index contributed by atoms with van der Waals surface area (Å²) >= 11 is 0. The van der Waals surface area contributed by atoms with Gasteiger partial charge in [-0.05, 0) is 86.5 Å². The molecule has 0 saturated carbocycles. The average Bonchev–Trinajstić information content (AvgIpc) is 3.01. The Morgan fingerprint density at radius 1 is 1.02 bits per heavy atom. The summed E-state index contributed by atoms with van der Waals surface area (Å²) in [6, 6.07) is 18.2. The van der Waals surface area contributed by atoms with Crippen molar-refractivity contribution in [2.24, 2.45) is 0 Å². The molecule has 0 saturated heterocycles. The summed E-state index contributed by atoms with van der Waals surface area (Å²) in [6.07, 6.45) is 4.26. The van der Waals surface area contributed by atoms with Crippen LogP contribution >= 0.6 is 0 Å². The number of hydrogen-bond donors (Lipinski definition) is 3. The number of hydrogen-bond acceptors (Lipinski definition) is 7. The standard InChI is InChI=1S/C32H39FN4O5/c33-26-12-15-28(16-13-26)41-22-21-37(19-5-4-10-27-14-11-25-9-6-18-34-30(25)35-27)20-17-29(31(38)39)36-32(40)42-23-24-7-2-1-3-8-24/h1-3,7-8,11-16,29H,4-6,9-10,17-23H2,(H,34,35)(H,36,40)(H,38,39)/t29-/m0/s1. The lowest BCUT2D eigenvalue weighted by molar-refractivity contribution is -0.139. The predicted molar refractivity (Wildman–Crippen MR) is 158 cm³/mol. The lowest BCUT2D eigenvalue weighted by Gasteiger charge is -2.24. The van der Waals surface area contributed by atoms with Crippen LogP contribution < -0.4 is 15.4 Å². The fourth-order valence-electron chi connectivity index (χ4n) is 4.78. The van der Waals surface area contributed by atoms with E-state index in [4.69, 9.17) is 14.5 Å². The van der Waals surface area contributed by atoms with Crippen LogP contribution in [0.25, 0.3) is 0 Å². The number of ether oxygens (including phenoxy) is 2. The van der Waals surface area contributed by atoms with Crippen LogP contribution in [-0.2, 0) is 29.0 Å². The number of aromatic nitrogens is 1. The fraction of sp³-hybridized carbons (Fsp3) is 0.406. The molecule has 0 radical (unpaired) electrons. The van der Waals surface area contributed by atoms with Gasteiger partial charge in [0.1, 0.15) is 36.6 Å². The van der Waals surface area contributed by atoms with E-state index in [1.54, 1.807) is 12.1 Å². The van der Waals surface area contributed by atoms with Crippen LogP contribution in [0.15, 0.2) is 66.7 Å². The number of amides is 1. The van der Waals surface area contributed by atoms with Crippen LogP contribution in [0.4, 0.5) is 15.0 Å². The number of aryl methyl sites for hydroxylation is 2. The van der Waals surface area contributed by atoms with Gasteiger partial charge in [0.25, 0.3) is 0 Å². The van der Waals surface area contributed by atoms with E-state index in [1.165, 1.54) is 17.7 Å². The Morgan fingerprint density at radius 2 is 1.83 bits per heavy atom. The van der Waals surface area contributed by atoms with Crippen molar-refractivity contribution in [2.45, 2.75) is 51.2 Å². The van der Waals surface area contributed by atoms with E-state index in [0.717, 1.165) is 62.3 Å². The van der Waals surface area contributed by atoms with Gasteiger partial charge in [0.05, 0.1) is 0 Å². The van der Waals surface area contributed by atoms with Crippen molar-refractivity contribution in [2.75, 3.05) is 38.1 Å². The van der Waals surface area contributed by atoms with Gasteiger partial charge < -0.3 is 25.2 Å². The number of carbonyl (C=O) groups excluding carboxylic acids is 1. The van der Waals surface area contributed by atoms with Gasteiger partial charge in [-0.15, -0.1) is 0 Å². The van der Waals surface area contributed by atoms with Crippen molar-refractivity contribution in [1.82, 2.24) is 15.2 Å². The zero-order chi connectivity index (χ0) is 29.6. The molecule has 4 rings (SSSR count). The third kappa shape index (κ3) is 10.3. The molecule has 1 amide bonds. The maximum absolute atomic E-state index is 13.2. The first kappa shape index (κ1) is 30.8. The van der Waals surface area contributed by atoms with Crippen LogP contribution in [0.3, 0.4) is 0 Å². The molecule has 0 spiro atoms. The second-order valence-corrected chi connectivity index (χ2v) is 10.3. The Hall–Kier alpha value is -4.18. The molecule has 224 valence electrons. The summed E-state index contributed by atoms with van der Waals surface area (Å²) in [4.78, 5) is 31.1. The summed E-state index contributed by atoms with van der Waals surface area (Å²) in [7, 11) is 0. The van der Waals surface area contributed by atoms with Crippen molar-refractivity contribution in [3.05, 3.63) is 89.4 Å². The Kier molecular flexibility index (Phi) is 11.9. The Morgan fingerprint density at radius 3 is 2.62 bits per heavy atom. The van der Waals surface area contributed by atoms with Crippen molar-refractivity contribution >= 4 is 17.9 Å². The minimum Gasteiger partial charge on any atom is -0.492 e. The highest BCUT2D eigenvalue weighted by Gasteiger charge is 2.22.